The molecule has 0 bridgehead atoms. The summed E-state index contributed by atoms with van der Waals surface area (Å²) < 4.78 is 5.21. The second-order valence-electron chi connectivity index (χ2n) is 4.40. The van der Waals surface area contributed by atoms with Crippen LogP contribution in [0.5, 0.6) is 0 Å². The molecule has 0 N–H and O–H groups in total. The van der Waals surface area contributed by atoms with Crippen LogP contribution in [-0.4, -0.2) is 29.7 Å². The van der Waals surface area contributed by atoms with E-state index >= 15 is 0 Å². The molecule has 4 heteroatoms. The molecule has 0 saturated carbocycles. The Morgan fingerprint density at radius 1 is 1.33 bits per heavy atom. The van der Waals surface area contributed by atoms with Crippen LogP contribution in [0.15, 0.2) is 0 Å². The summed E-state index contributed by atoms with van der Waals surface area (Å²) in [7, 11) is 0. The fourth-order valence-corrected chi connectivity index (χ4v) is 1.23. The van der Waals surface area contributed by atoms with Gasteiger partial charge in [0.2, 0.25) is 0 Å². The first-order chi connectivity index (χ1) is 6.90. The van der Waals surface area contributed by atoms with Crippen molar-refractivity contribution in [3.63, 3.8) is 0 Å². The van der Waals surface area contributed by atoms with E-state index in [9.17, 15) is 4.79 Å². The highest BCUT2D eigenvalue weighted by Gasteiger charge is 2.23. The average Bonchev–Trinajstić information content (AvgIpc) is 2.53. The van der Waals surface area contributed by atoms with Crippen molar-refractivity contribution in [2.75, 3.05) is 13.1 Å². The number of rotatable bonds is 0. The average molecular weight is 212 g/mol. The van der Waals surface area contributed by atoms with Crippen molar-refractivity contribution in [3.05, 3.63) is 0 Å². The van der Waals surface area contributed by atoms with Gasteiger partial charge in [-0.15, -0.1) is 0 Å². The lowest BCUT2D eigenvalue weighted by atomic mass is 10.2. The lowest BCUT2D eigenvalue weighted by Gasteiger charge is -2.23. The van der Waals surface area contributed by atoms with Gasteiger partial charge in [0.25, 0.3) is 0 Å². The first-order valence-corrected chi connectivity index (χ1v) is 5.19. The maximum Gasteiger partial charge on any atom is 0.410 e. The van der Waals surface area contributed by atoms with Crippen LogP contribution in [0.25, 0.3) is 0 Å². The molecule has 1 aliphatic heterocycles. The summed E-state index contributed by atoms with van der Waals surface area (Å²) in [4.78, 5) is 13.1. The Hall–Kier alpha value is -1.24. The topological polar surface area (TPSA) is 53.3 Å². The highest BCUT2D eigenvalue weighted by Crippen LogP contribution is 2.14. The van der Waals surface area contributed by atoms with Crippen LogP contribution in [0.3, 0.4) is 0 Å². The highest BCUT2D eigenvalue weighted by molar-refractivity contribution is 5.68. The van der Waals surface area contributed by atoms with Crippen molar-refractivity contribution in [3.8, 4) is 6.07 Å². The SMILES string of the molecule is CC#N.CC(C)(C)OC(=O)N1CCCC1. The van der Waals surface area contributed by atoms with Crippen LogP contribution < -0.4 is 0 Å². The van der Waals surface area contributed by atoms with Gasteiger partial charge in [0.05, 0.1) is 6.07 Å². The number of hydrogen-bond donors (Lipinski definition) is 0. The first kappa shape index (κ1) is 13.8. The zero-order valence-corrected chi connectivity index (χ0v) is 10.0. The van der Waals surface area contributed by atoms with E-state index in [-0.39, 0.29) is 11.7 Å². The molecule has 1 heterocycles. The molecule has 1 rings (SSSR count). The minimum Gasteiger partial charge on any atom is -0.444 e. The van der Waals surface area contributed by atoms with Crippen LogP contribution in [0.2, 0.25) is 0 Å². The standard InChI is InChI=1S/C9H17NO2.C2H3N/c1-9(2,3)12-8(11)10-6-4-5-7-10;1-2-3/h4-7H2,1-3H3;1H3. The molecule has 0 spiro atoms. The summed E-state index contributed by atoms with van der Waals surface area (Å²) in [6.45, 7) is 8.81. The lowest BCUT2D eigenvalue weighted by molar-refractivity contribution is 0.0295. The highest BCUT2D eigenvalue weighted by atomic mass is 16.6. The molecule has 1 fully saturated rings. The van der Waals surface area contributed by atoms with Gasteiger partial charge in [-0.3, -0.25) is 0 Å². The predicted octanol–water partition coefficient (Wildman–Crippen LogP) is 2.55. The van der Waals surface area contributed by atoms with Gasteiger partial charge in [0.15, 0.2) is 0 Å². The molecule has 0 radical (unpaired) electrons. The third-order valence-electron chi connectivity index (χ3n) is 1.76. The van der Waals surface area contributed by atoms with E-state index in [0.29, 0.717) is 0 Å². The molecule has 1 aliphatic rings. The zero-order chi connectivity index (χ0) is 11.9. The van der Waals surface area contributed by atoms with Crippen molar-refractivity contribution in [2.45, 2.75) is 46.1 Å². The summed E-state index contributed by atoms with van der Waals surface area (Å²) >= 11 is 0. The monoisotopic (exact) mass is 212 g/mol. The smallest absolute Gasteiger partial charge is 0.410 e. The van der Waals surface area contributed by atoms with Crippen LogP contribution >= 0.6 is 0 Å². The molecule has 4 nitrogen and oxygen atoms in total. The number of carbonyl (C=O) groups is 1. The van der Waals surface area contributed by atoms with Crippen LogP contribution in [0.4, 0.5) is 4.79 Å². The molecule has 0 unspecified atom stereocenters. The maximum absolute atomic E-state index is 11.4. The number of nitriles is 1. The van der Waals surface area contributed by atoms with Crippen LogP contribution in [0.1, 0.15) is 40.5 Å². The van der Waals surface area contributed by atoms with Gasteiger partial charge in [-0.1, -0.05) is 0 Å². The Bertz CT molecular complexity index is 232. The van der Waals surface area contributed by atoms with Crippen LogP contribution in [-0.2, 0) is 4.74 Å². The molecule has 15 heavy (non-hydrogen) atoms. The largest absolute Gasteiger partial charge is 0.444 e. The molecule has 1 saturated heterocycles. The van der Waals surface area contributed by atoms with Crippen molar-refractivity contribution >= 4 is 6.09 Å². The van der Waals surface area contributed by atoms with Gasteiger partial charge >= 0.3 is 6.09 Å². The molecule has 1 amide bonds. The van der Waals surface area contributed by atoms with E-state index < -0.39 is 0 Å². The first-order valence-electron chi connectivity index (χ1n) is 5.19. The summed E-state index contributed by atoms with van der Waals surface area (Å²) in [5, 5.41) is 7.32. The molecular weight excluding hydrogens is 192 g/mol. The van der Waals surface area contributed by atoms with E-state index in [1.54, 1.807) is 11.0 Å². The second-order valence-corrected chi connectivity index (χ2v) is 4.40. The molecule has 0 aliphatic carbocycles. The normalized spacial score (nSPS) is 15.0. The number of likely N-dealkylation sites (tertiary alicyclic amines) is 1. The van der Waals surface area contributed by atoms with Crippen molar-refractivity contribution < 1.29 is 9.53 Å². The Morgan fingerprint density at radius 2 is 1.73 bits per heavy atom. The van der Waals surface area contributed by atoms with Crippen LogP contribution in [0, 0.1) is 11.3 Å². The maximum atomic E-state index is 11.4. The molecule has 86 valence electrons. The predicted molar refractivity (Wildman–Crippen MR) is 58.3 cm³/mol. The number of ether oxygens (including phenoxy) is 1. The number of amides is 1. The van der Waals surface area contributed by atoms with Gasteiger partial charge in [-0.05, 0) is 33.6 Å². The number of carbonyl (C=O) groups excluding carboxylic acids is 1. The van der Waals surface area contributed by atoms with Gasteiger partial charge in [-0.2, -0.15) is 5.26 Å². The van der Waals surface area contributed by atoms with E-state index in [1.165, 1.54) is 6.92 Å². The quantitative estimate of drug-likeness (QED) is 0.620. The molecule has 0 aromatic carbocycles. The summed E-state index contributed by atoms with van der Waals surface area (Å²) in [6, 6.07) is 1.75. The van der Waals surface area contributed by atoms with Gasteiger partial charge < -0.3 is 9.64 Å². The summed E-state index contributed by atoms with van der Waals surface area (Å²) in [6.07, 6.45) is 2.05. The van der Waals surface area contributed by atoms with Crippen molar-refractivity contribution in [1.29, 1.82) is 5.26 Å². The molecular formula is C11H20N2O2. The van der Waals surface area contributed by atoms with E-state index in [2.05, 4.69) is 0 Å². The summed E-state index contributed by atoms with van der Waals surface area (Å²) in [5.41, 5.74) is -0.361. The Labute approximate surface area is 91.8 Å². The third kappa shape index (κ3) is 6.78. The Balaban J connectivity index is 0.000000583. The number of hydrogen-bond acceptors (Lipinski definition) is 3. The van der Waals surface area contributed by atoms with E-state index in [1.807, 2.05) is 20.8 Å². The zero-order valence-electron chi connectivity index (χ0n) is 10.0. The second kappa shape index (κ2) is 6.28. The minimum absolute atomic E-state index is 0.167. The minimum atomic E-state index is -0.361. The van der Waals surface area contributed by atoms with Crippen molar-refractivity contribution in [2.24, 2.45) is 0 Å². The summed E-state index contributed by atoms with van der Waals surface area (Å²) in [5.74, 6) is 0. The lowest BCUT2D eigenvalue weighted by Crippen LogP contribution is -2.34. The number of nitrogens with zero attached hydrogens (tertiary/aromatic N) is 2. The fourth-order valence-electron chi connectivity index (χ4n) is 1.23. The Morgan fingerprint density at radius 3 is 2.07 bits per heavy atom. The van der Waals surface area contributed by atoms with Gasteiger partial charge in [0, 0.05) is 20.0 Å². The Kier molecular flexibility index (Phi) is 5.76. The fraction of sp³-hybridized carbons (Fsp3) is 0.818. The van der Waals surface area contributed by atoms with E-state index in [0.717, 1.165) is 25.9 Å². The molecule has 0 aromatic rings. The van der Waals surface area contributed by atoms with E-state index in [4.69, 9.17) is 10.00 Å². The molecule has 0 aromatic heterocycles. The van der Waals surface area contributed by atoms with Gasteiger partial charge in [-0.25, -0.2) is 4.79 Å². The third-order valence-corrected chi connectivity index (χ3v) is 1.76. The van der Waals surface area contributed by atoms with Crippen molar-refractivity contribution in [1.82, 2.24) is 4.90 Å². The van der Waals surface area contributed by atoms with Gasteiger partial charge in [0.1, 0.15) is 5.60 Å². The molecule has 0 atom stereocenters.